The normalized spacial score (nSPS) is 18.1. The van der Waals surface area contributed by atoms with Crippen LogP contribution in [-0.4, -0.2) is 34.7 Å². The molecular formula is C13H14N4O2S. The molecule has 0 aromatic carbocycles. The third-order valence-electron chi connectivity index (χ3n) is 3.14. The van der Waals surface area contributed by atoms with E-state index in [9.17, 15) is 4.79 Å². The van der Waals surface area contributed by atoms with Gasteiger partial charge in [0.1, 0.15) is 11.1 Å². The summed E-state index contributed by atoms with van der Waals surface area (Å²) in [5, 5.41) is 9.62. The SMILES string of the molecule is CN(C(=O)c1cccnc1)c1nnc(C2CCCO2)s1. The molecule has 0 aliphatic carbocycles. The molecule has 0 saturated carbocycles. The molecule has 0 spiro atoms. The summed E-state index contributed by atoms with van der Waals surface area (Å²) < 4.78 is 5.57. The van der Waals surface area contributed by atoms with Crippen molar-refractivity contribution in [2.75, 3.05) is 18.6 Å². The van der Waals surface area contributed by atoms with Gasteiger partial charge < -0.3 is 4.74 Å². The molecular weight excluding hydrogens is 276 g/mol. The van der Waals surface area contributed by atoms with Gasteiger partial charge in [-0.1, -0.05) is 11.3 Å². The highest BCUT2D eigenvalue weighted by Crippen LogP contribution is 2.33. The van der Waals surface area contributed by atoms with E-state index in [4.69, 9.17) is 4.74 Å². The molecule has 3 rings (SSSR count). The number of anilines is 1. The third-order valence-corrected chi connectivity index (χ3v) is 4.23. The van der Waals surface area contributed by atoms with Crippen LogP contribution in [0.4, 0.5) is 5.13 Å². The predicted molar refractivity (Wildman–Crippen MR) is 74.8 cm³/mol. The number of carbonyl (C=O) groups excluding carboxylic acids is 1. The highest BCUT2D eigenvalue weighted by molar-refractivity contribution is 7.15. The van der Waals surface area contributed by atoms with E-state index in [1.54, 1.807) is 31.6 Å². The molecule has 1 aliphatic rings. The lowest BCUT2D eigenvalue weighted by molar-refractivity contribution is 0.0992. The molecule has 0 radical (unpaired) electrons. The number of hydrogen-bond acceptors (Lipinski definition) is 6. The van der Waals surface area contributed by atoms with E-state index in [-0.39, 0.29) is 12.0 Å². The van der Waals surface area contributed by atoms with Crippen molar-refractivity contribution in [1.29, 1.82) is 0 Å². The topological polar surface area (TPSA) is 68.2 Å². The van der Waals surface area contributed by atoms with E-state index in [0.717, 1.165) is 24.5 Å². The second-order valence-electron chi connectivity index (χ2n) is 4.53. The summed E-state index contributed by atoms with van der Waals surface area (Å²) in [6.45, 7) is 0.768. The summed E-state index contributed by atoms with van der Waals surface area (Å²) in [5.41, 5.74) is 0.531. The number of nitrogens with zero attached hydrogens (tertiary/aromatic N) is 4. The molecule has 0 N–H and O–H groups in total. The van der Waals surface area contributed by atoms with Crippen LogP contribution in [0.5, 0.6) is 0 Å². The van der Waals surface area contributed by atoms with Crippen molar-refractivity contribution >= 4 is 22.4 Å². The van der Waals surface area contributed by atoms with Crippen molar-refractivity contribution in [3.63, 3.8) is 0 Å². The van der Waals surface area contributed by atoms with Gasteiger partial charge in [-0.25, -0.2) is 0 Å². The van der Waals surface area contributed by atoms with Gasteiger partial charge >= 0.3 is 0 Å². The van der Waals surface area contributed by atoms with E-state index in [2.05, 4.69) is 15.2 Å². The van der Waals surface area contributed by atoms with E-state index in [1.807, 2.05) is 0 Å². The lowest BCUT2D eigenvalue weighted by atomic mass is 10.2. The Bertz CT molecular complexity index is 595. The Morgan fingerprint density at radius 3 is 3.10 bits per heavy atom. The Labute approximate surface area is 120 Å². The molecule has 1 amide bonds. The minimum atomic E-state index is -0.145. The number of carbonyl (C=O) groups is 1. The van der Waals surface area contributed by atoms with Crippen LogP contribution in [0.25, 0.3) is 0 Å². The first-order valence-corrected chi connectivity index (χ1v) is 7.20. The molecule has 1 saturated heterocycles. The van der Waals surface area contributed by atoms with Crippen LogP contribution in [0.2, 0.25) is 0 Å². The number of rotatable bonds is 3. The first-order chi connectivity index (χ1) is 9.75. The predicted octanol–water partition coefficient (Wildman–Crippen LogP) is 2.06. The maximum atomic E-state index is 12.3. The second kappa shape index (κ2) is 5.64. The van der Waals surface area contributed by atoms with Gasteiger partial charge in [-0.15, -0.1) is 10.2 Å². The highest BCUT2D eigenvalue weighted by Gasteiger charge is 2.24. The van der Waals surface area contributed by atoms with Crippen molar-refractivity contribution < 1.29 is 9.53 Å². The van der Waals surface area contributed by atoms with Gasteiger partial charge in [0.15, 0.2) is 0 Å². The van der Waals surface area contributed by atoms with E-state index < -0.39 is 0 Å². The van der Waals surface area contributed by atoms with E-state index >= 15 is 0 Å². The second-order valence-corrected chi connectivity index (χ2v) is 5.52. The first kappa shape index (κ1) is 13.1. The highest BCUT2D eigenvalue weighted by atomic mass is 32.1. The van der Waals surface area contributed by atoms with Crippen LogP contribution in [-0.2, 0) is 4.74 Å². The minimum Gasteiger partial charge on any atom is -0.371 e. The first-order valence-electron chi connectivity index (χ1n) is 6.39. The van der Waals surface area contributed by atoms with Crippen molar-refractivity contribution in [3.05, 3.63) is 35.1 Å². The molecule has 2 aromatic heterocycles. The maximum absolute atomic E-state index is 12.3. The van der Waals surface area contributed by atoms with Crippen LogP contribution in [0, 0.1) is 0 Å². The summed E-state index contributed by atoms with van der Waals surface area (Å²) in [7, 11) is 1.69. The van der Waals surface area contributed by atoms with Gasteiger partial charge in [0.25, 0.3) is 5.91 Å². The van der Waals surface area contributed by atoms with Crippen molar-refractivity contribution in [2.45, 2.75) is 18.9 Å². The molecule has 1 aliphatic heterocycles. The Morgan fingerprint density at radius 2 is 2.40 bits per heavy atom. The third kappa shape index (κ3) is 2.54. The zero-order chi connectivity index (χ0) is 13.9. The summed E-state index contributed by atoms with van der Waals surface area (Å²) >= 11 is 1.40. The van der Waals surface area contributed by atoms with Crippen LogP contribution >= 0.6 is 11.3 Å². The molecule has 1 unspecified atom stereocenters. The van der Waals surface area contributed by atoms with Gasteiger partial charge in [0.05, 0.1) is 5.56 Å². The molecule has 7 heteroatoms. The van der Waals surface area contributed by atoms with Crippen LogP contribution in [0.3, 0.4) is 0 Å². The monoisotopic (exact) mass is 290 g/mol. The van der Waals surface area contributed by atoms with Gasteiger partial charge in [0, 0.05) is 26.0 Å². The minimum absolute atomic E-state index is 0.0307. The lowest BCUT2D eigenvalue weighted by Gasteiger charge is -2.12. The van der Waals surface area contributed by atoms with Crippen molar-refractivity contribution in [3.8, 4) is 0 Å². The standard InChI is InChI=1S/C13H14N4O2S/c1-17(12(18)9-4-2-6-14-8-9)13-16-15-11(20-13)10-5-3-7-19-10/h2,4,6,8,10H,3,5,7H2,1H3. The molecule has 6 nitrogen and oxygen atoms in total. The van der Waals surface area contributed by atoms with Crippen LogP contribution in [0.1, 0.15) is 34.3 Å². The Kier molecular flexibility index (Phi) is 3.70. The average Bonchev–Trinajstić information content (AvgIpc) is 3.17. The fraction of sp³-hybridized carbons (Fsp3) is 0.385. The Balaban J connectivity index is 1.77. The maximum Gasteiger partial charge on any atom is 0.261 e. The van der Waals surface area contributed by atoms with Gasteiger partial charge in [0.2, 0.25) is 5.13 Å². The molecule has 104 valence electrons. The number of pyridine rings is 1. The number of ether oxygens (including phenoxy) is 1. The lowest BCUT2D eigenvalue weighted by Crippen LogP contribution is -2.26. The van der Waals surface area contributed by atoms with Crippen molar-refractivity contribution in [2.24, 2.45) is 0 Å². The molecule has 3 heterocycles. The molecule has 1 fully saturated rings. The largest absolute Gasteiger partial charge is 0.371 e. The van der Waals surface area contributed by atoms with Gasteiger partial charge in [-0.3, -0.25) is 14.7 Å². The fourth-order valence-corrected chi connectivity index (χ4v) is 2.92. The molecule has 0 bridgehead atoms. The number of hydrogen-bond donors (Lipinski definition) is 0. The molecule has 1 atom stereocenters. The summed E-state index contributed by atoms with van der Waals surface area (Å²) in [6, 6.07) is 3.47. The van der Waals surface area contributed by atoms with Crippen LogP contribution < -0.4 is 4.90 Å². The van der Waals surface area contributed by atoms with Gasteiger partial charge in [-0.05, 0) is 25.0 Å². The zero-order valence-electron chi connectivity index (χ0n) is 11.0. The quantitative estimate of drug-likeness (QED) is 0.865. The van der Waals surface area contributed by atoms with Crippen LogP contribution in [0.15, 0.2) is 24.5 Å². The summed E-state index contributed by atoms with van der Waals surface area (Å²) in [6.07, 6.45) is 5.22. The Hall–Kier alpha value is -1.86. The Morgan fingerprint density at radius 1 is 1.50 bits per heavy atom. The van der Waals surface area contributed by atoms with E-state index in [0.29, 0.717) is 10.7 Å². The number of aromatic nitrogens is 3. The fourth-order valence-electron chi connectivity index (χ4n) is 2.03. The van der Waals surface area contributed by atoms with Gasteiger partial charge in [-0.2, -0.15) is 0 Å². The van der Waals surface area contributed by atoms with Crippen molar-refractivity contribution in [1.82, 2.24) is 15.2 Å². The average molecular weight is 290 g/mol. The molecule has 2 aromatic rings. The zero-order valence-corrected chi connectivity index (χ0v) is 11.8. The summed E-state index contributed by atoms with van der Waals surface area (Å²) in [4.78, 5) is 17.7. The smallest absolute Gasteiger partial charge is 0.261 e. The molecule has 20 heavy (non-hydrogen) atoms. The summed E-state index contributed by atoms with van der Waals surface area (Å²) in [5.74, 6) is -0.145. The number of amides is 1. The van der Waals surface area contributed by atoms with E-state index in [1.165, 1.54) is 16.2 Å².